The van der Waals surface area contributed by atoms with Gasteiger partial charge in [-0.3, -0.25) is 9.59 Å². The molecule has 0 unspecified atom stereocenters. The van der Waals surface area contributed by atoms with Gasteiger partial charge in [-0.2, -0.15) is 0 Å². The number of benzene rings is 4. The standard InChI is InChI=1S/C27H21ClN2O4S/c1-16-8-9-18(28)14-23(16)30-24(31)15-35-20-12-10-19(11-13-20)29-26(32)21-6-2-4-17-5-3-7-22(25(17)21)27(33)34/h2-14H,15H2,1H3,(H,29,32)(H,30,31)(H,33,34). The van der Waals surface area contributed by atoms with Crippen LogP contribution in [0.1, 0.15) is 26.3 Å². The summed E-state index contributed by atoms with van der Waals surface area (Å²) < 4.78 is 0. The monoisotopic (exact) mass is 504 g/mol. The molecule has 0 heterocycles. The minimum Gasteiger partial charge on any atom is -0.478 e. The van der Waals surface area contributed by atoms with Crippen molar-refractivity contribution in [3.8, 4) is 0 Å². The van der Waals surface area contributed by atoms with Gasteiger partial charge in [0.2, 0.25) is 5.91 Å². The molecule has 0 bridgehead atoms. The van der Waals surface area contributed by atoms with Gasteiger partial charge in [0, 0.05) is 32.2 Å². The van der Waals surface area contributed by atoms with Gasteiger partial charge in [0.25, 0.3) is 5.91 Å². The summed E-state index contributed by atoms with van der Waals surface area (Å²) in [6.07, 6.45) is 0. The fourth-order valence-electron chi connectivity index (χ4n) is 3.61. The predicted molar refractivity (Wildman–Crippen MR) is 141 cm³/mol. The first kappa shape index (κ1) is 24.3. The average molecular weight is 505 g/mol. The summed E-state index contributed by atoms with van der Waals surface area (Å²) in [5.41, 5.74) is 2.52. The largest absolute Gasteiger partial charge is 0.478 e. The zero-order valence-electron chi connectivity index (χ0n) is 18.7. The van der Waals surface area contributed by atoms with E-state index in [-0.39, 0.29) is 22.8 Å². The number of thioether (sulfide) groups is 1. The fraction of sp³-hybridized carbons (Fsp3) is 0.0741. The highest BCUT2D eigenvalue weighted by Crippen LogP contribution is 2.26. The topological polar surface area (TPSA) is 95.5 Å². The highest BCUT2D eigenvalue weighted by Gasteiger charge is 2.16. The molecule has 0 fully saturated rings. The van der Waals surface area contributed by atoms with E-state index in [9.17, 15) is 19.5 Å². The number of halogens is 1. The van der Waals surface area contributed by atoms with Crippen molar-refractivity contribution in [2.75, 3.05) is 16.4 Å². The number of carbonyl (C=O) groups excluding carboxylic acids is 2. The molecule has 4 rings (SSSR count). The number of fused-ring (bicyclic) bond motifs is 1. The van der Waals surface area contributed by atoms with E-state index in [4.69, 9.17) is 11.6 Å². The van der Waals surface area contributed by atoms with Gasteiger partial charge in [-0.15, -0.1) is 11.8 Å². The van der Waals surface area contributed by atoms with Crippen LogP contribution in [0.2, 0.25) is 5.02 Å². The molecule has 2 amide bonds. The first-order valence-electron chi connectivity index (χ1n) is 10.7. The molecule has 0 saturated heterocycles. The lowest BCUT2D eigenvalue weighted by Gasteiger charge is -2.11. The van der Waals surface area contributed by atoms with Gasteiger partial charge >= 0.3 is 5.97 Å². The molecule has 3 N–H and O–H groups in total. The minimum atomic E-state index is -1.09. The second-order valence-electron chi connectivity index (χ2n) is 7.79. The lowest BCUT2D eigenvalue weighted by atomic mass is 9.98. The summed E-state index contributed by atoms with van der Waals surface area (Å²) in [6.45, 7) is 1.90. The van der Waals surface area contributed by atoms with Crippen LogP contribution in [0.25, 0.3) is 10.8 Å². The molecule has 4 aromatic rings. The zero-order valence-corrected chi connectivity index (χ0v) is 20.2. The Morgan fingerprint density at radius 1 is 0.886 bits per heavy atom. The molecule has 176 valence electrons. The zero-order chi connectivity index (χ0) is 24.9. The second-order valence-corrected chi connectivity index (χ2v) is 9.27. The maximum absolute atomic E-state index is 13.0. The number of carboxylic acids is 1. The smallest absolute Gasteiger partial charge is 0.336 e. The number of aromatic carboxylic acids is 1. The third kappa shape index (κ3) is 5.82. The average Bonchev–Trinajstić information content (AvgIpc) is 2.85. The van der Waals surface area contributed by atoms with Gasteiger partial charge in [-0.1, -0.05) is 41.9 Å². The Labute approximate surface area is 211 Å². The summed E-state index contributed by atoms with van der Waals surface area (Å²) in [6, 6.07) is 22.4. The lowest BCUT2D eigenvalue weighted by molar-refractivity contribution is -0.113. The van der Waals surface area contributed by atoms with E-state index >= 15 is 0 Å². The summed E-state index contributed by atoms with van der Waals surface area (Å²) in [4.78, 5) is 37.8. The van der Waals surface area contributed by atoms with Crippen LogP contribution < -0.4 is 10.6 Å². The SMILES string of the molecule is Cc1ccc(Cl)cc1NC(=O)CSc1ccc(NC(=O)c2cccc3cccc(C(=O)O)c23)cc1. The van der Waals surface area contributed by atoms with Crippen LogP contribution in [0.3, 0.4) is 0 Å². The van der Waals surface area contributed by atoms with E-state index in [0.717, 1.165) is 10.5 Å². The van der Waals surface area contributed by atoms with Gasteiger partial charge in [0.15, 0.2) is 0 Å². The maximum atomic E-state index is 13.0. The van der Waals surface area contributed by atoms with Crippen molar-refractivity contribution in [3.63, 3.8) is 0 Å². The molecule has 0 aliphatic rings. The van der Waals surface area contributed by atoms with Crippen LogP contribution in [0.15, 0.2) is 83.8 Å². The maximum Gasteiger partial charge on any atom is 0.336 e. The summed E-state index contributed by atoms with van der Waals surface area (Å²) >= 11 is 7.37. The van der Waals surface area contributed by atoms with Gasteiger partial charge in [0.05, 0.1) is 11.3 Å². The van der Waals surface area contributed by atoms with E-state index in [2.05, 4.69) is 10.6 Å². The van der Waals surface area contributed by atoms with Crippen molar-refractivity contribution in [1.82, 2.24) is 0 Å². The molecule has 0 saturated carbocycles. The molecule has 35 heavy (non-hydrogen) atoms. The molecule has 4 aromatic carbocycles. The van der Waals surface area contributed by atoms with Crippen LogP contribution in [-0.4, -0.2) is 28.6 Å². The van der Waals surface area contributed by atoms with Crippen molar-refractivity contribution >= 4 is 63.3 Å². The number of nitrogens with one attached hydrogen (secondary N) is 2. The van der Waals surface area contributed by atoms with Crippen molar-refractivity contribution in [3.05, 3.63) is 101 Å². The van der Waals surface area contributed by atoms with E-state index in [1.807, 2.05) is 25.1 Å². The first-order chi connectivity index (χ1) is 16.8. The van der Waals surface area contributed by atoms with Gasteiger partial charge in [-0.05, 0) is 66.4 Å². The fourth-order valence-corrected chi connectivity index (χ4v) is 4.48. The Hall–Kier alpha value is -3.81. The van der Waals surface area contributed by atoms with Gasteiger partial charge in [0.1, 0.15) is 0 Å². The van der Waals surface area contributed by atoms with Crippen molar-refractivity contribution in [2.24, 2.45) is 0 Å². The number of rotatable bonds is 7. The highest BCUT2D eigenvalue weighted by molar-refractivity contribution is 8.00. The molecular formula is C27H21ClN2O4S. The van der Waals surface area contributed by atoms with E-state index in [1.165, 1.54) is 17.8 Å². The first-order valence-corrected chi connectivity index (χ1v) is 12.0. The summed E-state index contributed by atoms with van der Waals surface area (Å²) in [5, 5.41) is 16.8. The van der Waals surface area contributed by atoms with Crippen LogP contribution in [0.5, 0.6) is 0 Å². The molecule has 0 aliphatic heterocycles. The van der Waals surface area contributed by atoms with E-state index in [1.54, 1.807) is 54.6 Å². The third-order valence-electron chi connectivity index (χ3n) is 5.34. The molecule has 0 radical (unpaired) electrons. The van der Waals surface area contributed by atoms with Crippen LogP contribution in [-0.2, 0) is 4.79 Å². The Bertz CT molecular complexity index is 1430. The molecule has 8 heteroatoms. The minimum absolute atomic E-state index is 0.0752. The number of carboxylic acid groups (broad SMARTS) is 1. The lowest BCUT2D eigenvalue weighted by Crippen LogP contribution is -2.15. The second kappa shape index (κ2) is 10.6. The molecule has 0 spiro atoms. The van der Waals surface area contributed by atoms with Crippen molar-refractivity contribution in [2.45, 2.75) is 11.8 Å². The normalized spacial score (nSPS) is 10.7. The Kier molecular flexibility index (Phi) is 7.39. The predicted octanol–water partition coefficient (Wildman–Crippen LogP) is 6.48. The Balaban J connectivity index is 1.41. The van der Waals surface area contributed by atoms with Crippen molar-refractivity contribution in [1.29, 1.82) is 0 Å². The van der Waals surface area contributed by atoms with Crippen molar-refractivity contribution < 1.29 is 19.5 Å². The number of hydrogen-bond donors (Lipinski definition) is 3. The summed E-state index contributed by atoms with van der Waals surface area (Å²) in [5.74, 6) is -1.43. The quantitative estimate of drug-likeness (QED) is 0.250. The van der Waals surface area contributed by atoms with E-state index < -0.39 is 11.9 Å². The van der Waals surface area contributed by atoms with E-state index in [0.29, 0.717) is 27.2 Å². The molecule has 0 atom stereocenters. The number of aryl methyl sites for hydroxylation is 1. The molecule has 6 nitrogen and oxygen atoms in total. The Morgan fingerprint density at radius 2 is 1.57 bits per heavy atom. The third-order valence-corrected chi connectivity index (χ3v) is 6.58. The van der Waals surface area contributed by atoms with Gasteiger partial charge < -0.3 is 15.7 Å². The number of hydrogen-bond acceptors (Lipinski definition) is 4. The van der Waals surface area contributed by atoms with Crippen LogP contribution in [0, 0.1) is 6.92 Å². The molecule has 0 aliphatic carbocycles. The molecule has 0 aromatic heterocycles. The van der Waals surface area contributed by atoms with Gasteiger partial charge in [-0.25, -0.2) is 4.79 Å². The highest BCUT2D eigenvalue weighted by atomic mass is 35.5. The summed E-state index contributed by atoms with van der Waals surface area (Å²) in [7, 11) is 0. The molecular weight excluding hydrogens is 484 g/mol. The van der Waals surface area contributed by atoms with Crippen LogP contribution in [0.4, 0.5) is 11.4 Å². The number of amides is 2. The van der Waals surface area contributed by atoms with Crippen LogP contribution >= 0.6 is 23.4 Å². The number of anilines is 2. The number of carbonyl (C=O) groups is 3. The Morgan fingerprint density at radius 3 is 2.26 bits per heavy atom.